The Morgan fingerprint density at radius 3 is 2.33 bits per heavy atom. The second-order valence-electron chi connectivity index (χ2n) is 11.2. The Kier molecular flexibility index (Phi) is 7.86. The number of fused-ring (bicyclic) bond motifs is 3. The van der Waals surface area contributed by atoms with Gasteiger partial charge in [0.15, 0.2) is 5.58 Å². The quantitative estimate of drug-likeness (QED) is 0.658. The van der Waals surface area contributed by atoms with Crippen LogP contribution in [0.1, 0.15) is 70.2 Å². The molecule has 0 saturated carbocycles. The SMILES string of the molecule is CC(C)C(=O)N1C[C@H](C)N(c2nc3c(C(=O)NC4CC5CCCC(C4)N5C)cccc3o2)[C@@H](C)C1.Cl. The van der Waals surface area contributed by atoms with Crippen molar-refractivity contribution < 1.29 is 14.0 Å². The standard InChI is InChI=1S/C27H39N5O3.ClH/c1-16(2)26(34)31-14-17(3)32(18(4)15-31)27-29-24-22(10-7-11-23(24)35-27)25(33)28-19-12-20-8-6-9-21(13-19)30(20)5;/h7,10-11,16-21H,6,8-9,12-15H2,1-5H3,(H,28,33);1H/t17-,18-,19?,20?,21?;/m0./s1. The summed E-state index contributed by atoms with van der Waals surface area (Å²) in [5.41, 5.74) is 1.79. The van der Waals surface area contributed by atoms with Gasteiger partial charge in [-0.15, -0.1) is 12.4 Å². The monoisotopic (exact) mass is 517 g/mol. The molecule has 4 heterocycles. The van der Waals surface area contributed by atoms with Gasteiger partial charge in [0.25, 0.3) is 11.9 Å². The molecule has 2 amide bonds. The zero-order chi connectivity index (χ0) is 24.9. The van der Waals surface area contributed by atoms with E-state index in [1.807, 2.05) is 36.9 Å². The number of rotatable bonds is 4. The lowest BCUT2D eigenvalue weighted by atomic mass is 9.82. The molecule has 2 bridgehead atoms. The summed E-state index contributed by atoms with van der Waals surface area (Å²) in [4.78, 5) is 37.3. The third kappa shape index (κ3) is 4.94. The summed E-state index contributed by atoms with van der Waals surface area (Å²) in [6, 6.07) is 7.53. The van der Waals surface area contributed by atoms with Crippen LogP contribution in [-0.4, -0.2) is 76.9 Å². The van der Waals surface area contributed by atoms with E-state index in [2.05, 4.69) is 36.0 Å². The Morgan fingerprint density at radius 1 is 1.08 bits per heavy atom. The van der Waals surface area contributed by atoms with E-state index < -0.39 is 0 Å². The minimum absolute atomic E-state index is 0. The van der Waals surface area contributed by atoms with Gasteiger partial charge in [0.1, 0.15) is 5.52 Å². The smallest absolute Gasteiger partial charge is 0.299 e. The Hall–Kier alpha value is -2.32. The van der Waals surface area contributed by atoms with Crippen LogP contribution in [-0.2, 0) is 4.79 Å². The molecule has 3 aliphatic heterocycles. The fraction of sp³-hybridized carbons (Fsp3) is 0.667. The van der Waals surface area contributed by atoms with Crippen molar-refractivity contribution in [1.29, 1.82) is 0 Å². The first kappa shape index (κ1) is 26.7. The Bertz CT molecular complexity index is 1080. The number of aromatic nitrogens is 1. The lowest BCUT2D eigenvalue weighted by Gasteiger charge is -2.47. The molecule has 3 saturated heterocycles. The number of amides is 2. The number of oxazole rings is 1. The van der Waals surface area contributed by atoms with Crippen molar-refractivity contribution >= 4 is 41.3 Å². The average molecular weight is 518 g/mol. The van der Waals surface area contributed by atoms with E-state index in [0.29, 0.717) is 47.9 Å². The highest BCUT2D eigenvalue weighted by Gasteiger charge is 2.38. The first-order chi connectivity index (χ1) is 16.7. The van der Waals surface area contributed by atoms with Crippen molar-refractivity contribution in [3.05, 3.63) is 23.8 Å². The molecular formula is C27H40ClN5O3. The summed E-state index contributed by atoms with van der Waals surface area (Å²) >= 11 is 0. The van der Waals surface area contributed by atoms with Crippen molar-refractivity contribution in [3.63, 3.8) is 0 Å². The predicted octanol–water partition coefficient (Wildman–Crippen LogP) is 4.08. The van der Waals surface area contributed by atoms with E-state index in [4.69, 9.17) is 9.40 Å². The van der Waals surface area contributed by atoms with Gasteiger partial charge in [0.2, 0.25) is 5.91 Å². The fourth-order valence-electron chi connectivity index (χ4n) is 6.47. The highest BCUT2D eigenvalue weighted by molar-refractivity contribution is 6.04. The number of carbonyl (C=O) groups excluding carboxylic acids is 2. The zero-order valence-corrected chi connectivity index (χ0v) is 22.9. The van der Waals surface area contributed by atoms with E-state index in [1.165, 1.54) is 19.3 Å². The first-order valence-electron chi connectivity index (χ1n) is 13.2. The highest BCUT2D eigenvalue weighted by Crippen LogP contribution is 2.33. The van der Waals surface area contributed by atoms with Crippen LogP contribution in [0, 0.1) is 5.92 Å². The van der Waals surface area contributed by atoms with Gasteiger partial charge in [-0.2, -0.15) is 4.98 Å². The van der Waals surface area contributed by atoms with Gasteiger partial charge in [-0.3, -0.25) is 9.59 Å². The lowest BCUT2D eigenvalue weighted by Crippen LogP contribution is -2.59. The second-order valence-corrected chi connectivity index (χ2v) is 11.2. The van der Waals surface area contributed by atoms with E-state index in [-0.39, 0.29) is 48.3 Å². The summed E-state index contributed by atoms with van der Waals surface area (Å²) < 4.78 is 6.17. The van der Waals surface area contributed by atoms with Crippen LogP contribution in [0.4, 0.5) is 6.01 Å². The summed E-state index contributed by atoms with van der Waals surface area (Å²) in [6.07, 6.45) is 5.74. The van der Waals surface area contributed by atoms with Gasteiger partial charge < -0.3 is 24.4 Å². The molecule has 1 aromatic heterocycles. The summed E-state index contributed by atoms with van der Waals surface area (Å²) in [5.74, 6) is 0.0879. The van der Waals surface area contributed by atoms with Gasteiger partial charge in [0.05, 0.1) is 5.56 Å². The lowest BCUT2D eigenvalue weighted by molar-refractivity contribution is -0.135. The van der Waals surface area contributed by atoms with Crippen LogP contribution in [0.15, 0.2) is 22.6 Å². The Balaban J connectivity index is 0.00000304. The minimum Gasteiger partial charge on any atom is -0.423 e. The molecule has 0 aliphatic carbocycles. The van der Waals surface area contributed by atoms with Crippen molar-refractivity contribution in [1.82, 2.24) is 20.1 Å². The van der Waals surface area contributed by atoms with Gasteiger partial charge in [-0.1, -0.05) is 26.3 Å². The highest BCUT2D eigenvalue weighted by atomic mass is 35.5. The third-order valence-corrected chi connectivity index (χ3v) is 8.27. The molecule has 0 radical (unpaired) electrons. The molecule has 2 aromatic rings. The molecule has 1 aromatic carbocycles. The number of hydrogen-bond donors (Lipinski definition) is 1. The predicted molar refractivity (Wildman–Crippen MR) is 144 cm³/mol. The number of piperazine rings is 1. The number of hydrogen-bond acceptors (Lipinski definition) is 6. The van der Waals surface area contributed by atoms with Crippen molar-refractivity contribution in [2.24, 2.45) is 5.92 Å². The Morgan fingerprint density at radius 2 is 1.72 bits per heavy atom. The van der Waals surface area contributed by atoms with Crippen molar-refractivity contribution in [2.75, 3.05) is 25.0 Å². The molecule has 36 heavy (non-hydrogen) atoms. The van der Waals surface area contributed by atoms with Crippen LogP contribution in [0.2, 0.25) is 0 Å². The Labute approximate surface area is 220 Å². The van der Waals surface area contributed by atoms with Crippen LogP contribution in [0.5, 0.6) is 0 Å². The number of carbonyl (C=O) groups is 2. The van der Waals surface area contributed by atoms with Gasteiger partial charge >= 0.3 is 0 Å². The van der Waals surface area contributed by atoms with Gasteiger partial charge in [-0.25, -0.2) is 0 Å². The third-order valence-electron chi connectivity index (χ3n) is 8.27. The largest absolute Gasteiger partial charge is 0.423 e. The van der Waals surface area contributed by atoms with Crippen LogP contribution in [0.25, 0.3) is 11.1 Å². The van der Waals surface area contributed by atoms with E-state index in [1.54, 1.807) is 0 Å². The number of nitrogens with one attached hydrogen (secondary N) is 1. The van der Waals surface area contributed by atoms with Gasteiger partial charge in [-0.05, 0) is 58.7 Å². The zero-order valence-electron chi connectivity index (χ0n) is 22.1. The first-order valence-corrected chi connectivity index (χ1v) is 13.2. The maximum absolute atomic E-state index is 13.4. The number of piperidine rings is 2. The molecule has 3 aliphatic rings. The number of anilines is 1. The van der Waals surface area contributed by atoms with Gasteiger partial charge in [0, 0.05) is 49.2 Å². The topological polar surface area (TPSA) is 81.9 Å². The molecule has 9 heteroatoms. The molecule has 5 rings (SSSR count). The molecule has 8 nitrogen and oxygen atoms in total. The van der Waals surface area contributed by atoms with Crippen LogP contribution < -0.4 is 10.2 Å². The summed E-state index contributed by atoms with van der Waals surface area (Å²) in [5, 5.41) is 3.31. The summed E-state index contributed by atoms with van der Waals surface area (Å²) in [6.45, 7) is 9.33. The van der Waals surface area contributed by atoms with Crippen LogP contribution in [0.3, 0.4) is 0 Å². The number of benzene rings is 1. The number of halogens is 1. The number of para-hydroxylation sites is 1. The molecule has 1 N–H and O–H groups in total. The van der Waals surface area contributed by atoms with Crippen molar-refractivity contribution in [3.8, 4) is 0 Å². The van der Waals surface area contributed by atoms with E-state index >= 15 is 0 Å². The maximum atomic E-state index is 13.4. The fourth-order valence-corrected chi connectivity index (χ4v) is 6.47. The molecule has 0 spiro atoms. The normalized spacial score (nSPS) is 28.8. The molecule has 198 valence electrons. The maximum Gasteiger partial charge on any atom is 0.299 e. The average Bonchev–Trinajstić information content (AvgIpc) is 3.22. The van der Waals surface area contributed by atoms with Crippen LogP contribution >= 0.6 is 12.4 Å². The van der Waals surface area contributed by atoms with E-state index in [9.17, 15) is 9.59 Å². The second kappa shape index (κ2) is 10.6. The number of nitrogens with zero attached hydrogens (tertiary/aromatic N) is 4. The molecular weight excluding hydrogens is 478 g/mol. The minimum atomic E-state index is -0.0727. The molecule has 4 atom stereocenters. The molecule has 3 fully saturated rings. The molecule has 2 unspecified atom stereocenters. The summed E-state index contributed by atoms with van der Waals surface area (Å²) in [7, 11) is 2.23. The van der Waals surface area contributed by atoms with E-state index in [0.717, 1.165) is 12.8 Å². The van der Waals surface area contributed by atoms with Crippen molar-refractivity contribution in [2.45, 2.75) is 90.0 Å².